The van der Waals surface area contributed by atoms with Crippen molar-refractivity contribution in [3.05, 3.63) is 18.0 Å². The Bertz CT molecular complexity index is 389. The fourth-order valence-corrected chi connectivity index (χ4v) is 3.61. The molecule has 0 aliphatic carbocycles. The van der Waals surface area contributed by atoms with Gasteiger partial charge in [0.25, 0.3) is 0 Å². The Balaban J connectivity index is 2.13. The predicted molar refractivity (Wildman–Crippen MR) is 79.0 cm³/mol. The van der Waals surface area contributed by atoms with Crippen LogP contribution in [0.5, 0.6) is 0 Å². The van der Waals surface area contributed by atoms with E-state index in [-0.39, 0.29) is 11.6 Å². The molecule has 1 aliphatic heterocycles. The van der Waals surface area contributed by atoms with E-state index >= 15 is 0 Å². The van der Waals surface area contributed by atoms with E-state index in [9.17, 15) is 0 Å². The Morgan fingerprint density at radius 3 is 2.42 bits per heavy atom. The number of nitrogens with two attached hydrogens (primary N) is 1. The molecule has 0 radical (unpaired) electrons. The van der Waals surface area contributed by atoms with Crippen LogP contribution in [0, 0.1) is 0 Å². The van der Waals surface area contributed by atoms with E-state index < -0.39 is 0 Å². The highest BCUT2D eigenvalue weighted by Gasteiger charge is 2.40. The van der Waals surface area contributed by atoms with Gasteiger partial charge in [0, 0.05) is 31.2 Å². The Labute approximate surface area is 117 Å². The van der Waals surface area contributed by atoms with Crippen LogP contribution in [0.1, 0.15) is 45.2 Å². The highest BCUT2D eigenvalue weighted by Crippen LogP contribution is 2.31. The van der Waals surface area contributed by atoms with Crippen molar-refractivity contribution in [3.8, 4) is 0 Å². The van der Waals surface area contributed by atoms with Gasteiger partial charge in [-0.05, 0) is 44.8 Å². The molecule has 2 heterocycles. The highest BCUT2D eigenvalue weighted by molar-refractivity contribution is 5.07. The quantitative estimate of drug-likeness (QED) is 0.854. The van der Waals surface area contributed by atoms with Crippen molar-refractivity contribution < 1.29 is 0 Å². The fraction of sp³-hybridized carbons (Fsp3) is 0.800. The van der Waals surface area contributed by atoms with Gasteiger partial charge in [0.1, 0.15) is 0 Å². The molecule has 1 aromatic heterocycles. The first kappa shape index (κ1) is 14.5. The second-order valence-electron chi connectivity index (χ2n) is 5.80. The maximum Gasteiger partial charge on any atom is 0.0640 e. The Kier molecular flexibility index (Phi) is 4.63. The SMILES string of the molecule is CCC(CC)(C(N)Cc1ccn(C)n1)N1CCCC1. The summed E-state index contributed by atoms with van der Waals surface area (Å²) in [6.07, 6.45) is 7.75. The Morgan fingerprint density at radius 2 is 1.95 bits per heavy atom. The number of nitrogens with zero attached hydrogens (tertiary/aromatic N) is 3. The van der Waals surface area contributed by atoms with Crippen LogP contribution in [-0.4, -0.2) is 39.4 Å². The molecule has 0 saturated carbocycles. The fourth-order valence-electron chi connectivity index (χ4n) is 3.61. The van der Waals surface area contributed by atoms with Gasteiger partial charge in [0.15, 0.2) is 0 Å². The smallest absolute Gasteiger partial charge is 0.0640 e. The molecular weight excluding hydrogens is 236 g/mol. The van der Waals surface area contributed by atoms with Gasteiger partial charge in [0.2, 0.25) is 0 Å². The molecule has 1 saturated heterocycles. The van der Waals surface area contributed by atoms with Gasteiger partial charge in [-0.25, -0.2) is 0 Å². The molecule has 0 spiro atoms. The summed E-state index contributed by atoms with van der Waals surface area (Å²) < 4.78 is 1.86. The molecular formula is C15H28N4. The van der Waals surface area contributed by atoms with Gasteiger partial charge in [-0.15, -0.1) is 0 Å². The Hall–Kier alpha value is -0.870. The van der Waals surface area contributed by atoms with E-state index in [0.717, 1.165) is 25.0 Å². The monoisotopic (exact) mass is 264 g/mol. The maximum absolute atomic E-state index is 6.60. The number of hydrogen-bond acceptors (Lipinski definition) is 3. The zero-order valence-corrected chi connectivity index (χ0v) is 12.6. The molecule has 0 amide bonds. The lowest BCUT2D eigenvalue weighted by molar-refractivity contribution is 0.0764. The van der Waals surface area contributed by atoms with Gasteiger partial charge in [-0.1, -0.05) is 13.8 Å². The first-order valence-electron chi connectivity index (χ1n) is 7.61. The third kappa shape index (κ3) is 2.84. The lowest BCUT2D eigenvalue weighted by Crippen LogP contribution is -2.59. The normalized spacial score (nSPS) is 18.9. The second-order valence-corrected chi connectivity index (χ2v) is 5.80. The van der Waals surface area contributed by atoms with E-state index in [2.05, 4.69) is 29.9 Å². The van der Waals surface area contributed by atoms with Crippen molar-refractivity contribution in [2.75, 3.05) is 13.1 Å². The number of hydrogen-bond donors (Lipinski definition) is 1. The van der Waals surface area contributed by atoms with E-state index in [4.69, 9.17) is 5.73 Å². The topological polar surface area (TPSA) is 47.1 Å². The van der Waals surface area contributed by atoms with Gasteiger partial charge >= 0.3 is 0 Å². The summed E-state index contributed by atoms with van der Waals surface area (Å²) in [5.74, 6) is 0. The van der Waals surface area contributed by atoms with Crippen molar-refractivity contribution in [1.29, 1.82) is 0 Å². The summed E-state index contributed by atoms with van der Waals surface area (Å²) in [5, 5.41) is 4.48. The van der Waals surface area contributed by atoms with Gasteiger partial charge < -0.3 is 5.73 Å². The first-order valence-corrected chi connectivity index (χ1v) is 7.61. The summed E-state index contributed by atoms with van der Waals surface area (Å²) in [4.78, 5) is 2.63. The molecule has 4 heteroatoms. The van der Waals surface area contributed by atoms with E-state index in [0.29, 0.717) is 0 Å². The van der Waals surface area contributed by atoms with Gasteiger partial charge in [-0.2, -0.15) is 5.10 Å². The van der Waals surface area contributed by atoms with Crippen molar-refractivity contribution in [1.82, 2.24) is 14.7 Å². The van der Waals surface area contributed by atoms with Gasteiger partial charge in [0.05, 0.1) is 5.69 Å². The van der Waals surface area contributed by atoms with Crippen molar-refractivity contribution in [2.45, 2.75) is 57.5 Å². The zero-order valence-electron chi connectivity index (χ0n) is 12.6. The lowest BCUT2D eigenvalue weighted by atomic mass is 9.81. The van der Waals surface area contributed by atoms with Crippen LogP contribution in [-0.2, 0) is 13.5 Å². The summed E-state index contributed by atoms with van der Waals surface area (Å²) >= 11 is 0. The molecule has 1 aliphatic rings. The Morgan fingerprint density at radius 1 is 1.32 bits per heavy atom. The lowest BCUT2D eigenvalue weighted by Gasteiger charge is -2.45. The number of likely N-dealkylation sites (tertiary alicyclic amines) is 1. The molecule has 0 aromatic carbocycles. The molecule has 1 unspecified atom stereocenters. The molecule has 108 valence electrons. The predicted octanol–water partition coefficient (Wildman–Crippen LogP) is 1.94. The number of aryl methyl sites for hydroxylation is 1. The minimum atomic E-state index is 0.147. The first-order chi connectivity index (χ1) is 9.12. The average Bonchev–Trinajstić information content (AvgIpc) is 3.04. The molecule has 1 fully saturated rings. The molecule has 4 nitrogen and oxygen atoms in total. The molecule has 1 aromatic rings. The summed E-state index contributed by atoms with van der Waals surface area (Å²) in [6.45, 7) is 6.97. The van der Waals surface area contributed by atoms with Crippen molar-refractivity contribution >= 4 is 0 Å². The third-order valence-electron chi connectivity index (χ3n) is 4.85. The van der Waals surface area contributed by atoms with Crippen LogP contribution >= 0.6 is 0 Å². The molecule has 2 rings (SSSR count). The maximum atomic E-state index is 6.60. The van der Waals surface area contributed by atoms with Crippen LogP contribution in [0.4, 0.5) is 0 Å². The van der Waals surface area contributed by atoms with Crippen LogP contribution < -0.4 is 5.73 Å². The molecule has 1 atom stereocenters. The zero-order chi connectivity index (χ0) is 13.9. The molecule has 0 bridgehead atoms. The van der Waals surface area contributed by atoms with E-state index in [1.54, 1.807) is 0 Å². The largest absolute Gasteiger partial charge is 0.326 e. The van der Waals surface area contributed by atoms with Crippen LogP contribution in [0.15, 0.2) is 12.3 Å². The minimum Gasteiger partial charge on any atom is -0.326 e. The average molecular weight is 264 g/mol. The van der Waals surface area contributed by atoms with Gasteiger partial charge in [-0.3, -0.25) is 9.58 Å². The number of aromatic nitrogens is 2. The van der Waals surface area contributed by atoms with Crippen molar-refractivity contribution in [2.24, 2.45) is 12.8 Å². The third-order valence-corrected chi connectivity index (χ3v) is 4.85. The molecule has 2 N–H and O–H groups in total. The number of rotatable bonds is 6. The van der Waals surface area contributed by atoms with Crippen LogP contribution in [0.2, 0.25) is 0 Å². The van der Waals surface area contributed by atoms with Crippen molar-refractivity contribution in [3.63, 3.8) is 0 Å². The highest BCUT2D eigenvalue weighted by atomic mass is 15.3. The van der Waals surface area contributed by atoms with Crippen LogP contribution in [0.3, 0.4) is 0 Å². The standard InChI is InChI=1S/C15H28N4/c1-4-15(5-2,19-9-6-7-10-19)14(16)12-13-8-11-18(3)17-13/h8,11,14H,4-7,9-10,12,16H2,1-3H3. The summed E-state index contributed by atoms with van der Waals surface area (Å²) in [6, 6.07) is 2.25. The summed E-state index contributed by atoms with van der Waals surface area (Å²) in [7, 11) is 1.96. The minimum absolute atomic E-state index is 0.147. The summed E-state index contributed by atoms with van der Waals surface area (Å²) in [5.41, 5.74) is 7.86. The van der Waals surface area contributed by atoms with E-state index in [1.807, 2.05) is 17.9 Å². The van der Waals surface area contributed by atoms with Crippen LogP contribution in [0.25, 0.3) is 0 Å². The molecule has 19 heavy (non-hydrogen) atoms. The second kappa shape index (κ2) is 6.06. The van der Waals surface area contributed by atoms with E-state index in [1.165, 1.54) is 25.9 Å².